The number of nitrogens with two attached hydrogens (primary N) is 1. The predicted molar refractivity (Wildman–Crippen MR) is 57.2 cm³/mol. The van der Waals surface area contributed by atoms with Gasteiger partial charge in [0.1, 0.15) is 0 Å². The molecule has 4 heteroatoms. The number of hydrogen-bond donors (Lipinski definition) is 3. The molecule has 0 saturated heterocycles. The van der Waals surface area contributed by atoms with E-state index in [4.69, 9.17) is 15.6 Å². The van der Waals surface area contributed by atoms with Gasteiger partial charge in [0, 0.05) is 0 Å². The molecular weight excluding hydrogens is 194 g/mol. The Morgan fingerprint density at radius 2 is 1.93 bits per heavy atom. The van der Waals surface area contributed by atoms with Crippen LogP contribution < -0.4 is 5.73 Å². The van der Waals surface area contributed by atoms with E-state index in [1.807, 2.05) is 30.3 Å². The van der Waals surface area contributed by atoms with Crippen LogP contribution in [0.15, 0.2) is 30.3 Å². The molecule has 84 valence electrons. The average molecular weight is 211 g/mol. The smallest absolute Gasteiger partial charge is 0.0946 e. The summed E-state index contributed by atoms with van der Waals surface area (Å²) in [5.41, 5.74) is 6.46. The quantitative estimate of drug-likeness (QED) is 0.613. The summed E-state index contributed by atoms with van der Waals surface area (Å²) >= 11 is 0. The van der Waals surface area contributed by atoms with Crippen LogP contribution in [0, 0.1) is 0 Å². The number of hydrogen-bond acceptors (Lipinski definition) is 4. The molecule has 4 nitrogen and oxygen atoms in total. The molecule has 0 aromatic heterocycles. The van der Waals surface area contributed by atoms with E-state index in [-0.39, 0.29) is 13.2 Å². The average Bonchev–Trinajstić information content (AvgIpc) is 2.29. The van der Waals surface area contributed by atoms with Crippen molar-refractivity contribution in [3.05, 3.63) is 35.9 Å². The third-order valence-corrected chi connectivity index (χ3v) is 2.11. The lowest BCUT2D eigenvalue weighted by Gasteiger charge is -2.16. The van der Waals surface area contributed by atoms with Gasteiger partial charge in [0.15, 0.2) is 0 Å². The second kappa shape index (κ2) is 6.53. The molecule has 0 heterocycles. The zero-order valence-corrected chi connectivity index (χ0v) is 8.54. The zero-order chi connectivity index (χ0) is 11.1. The number of aliphatic hydroxyl groups excluding tert-OH is 2. The minimum Gasteiger partial charge on any atom is -0.395 e. The molecule has 0 unspecified atom stereocenters. The molecule has 0 radical (unpaired) electrons. The molecule has 0 fully saturated rings. The summed E-state index contributed by atoms with van der Waals surface area (Å²) in [5.74, 6) is 0. The maximum atomic E-state index is 9.39. The van der Waals surface area contributed by atoms with Crippen molar-refractivity contribution >= 4 is 0 Å². The van der Waals surface area contributed by atoms with E-state index >= 15 is 0 Å². The van der Waals surface area contributed by atoms with Crippen molar-refractivity contribution < 1.29 is 14.9 Å². The Labute approximate surface area is 89.3 Å². The monoisotopic (exact) mass is 211 g/mol. The van der Waals surface area contributed by atoms with E-state index in [2.05, 4.69) is 0 Å². The fourth-order valence-electron chi connectivity index (χ4n) is 1.12. The van der Waals surface area contributed by atoms with Crippen LogP contribution in [0.2, 0.25) is 0 Å². The highest BCUT2D eigenvalue weighted by molar-refractivity contribution is 5.13. The van der Waals surface area contributed by atoms with Gasteiger partial charge >= 0.3 is 0 Å². The van der Waals surface area contributed by atoms with Crippen LogP contribution in [0.5, 0.6) is 0 Å². The molecule has 0 amide bonds. The molecule has 0 saturated carbocycles. The molecule has 1 aromatic carbocycles. The second-order valence-corrected chi connectivity index (χ2v) is 3.41. The van der Waals surface area contributed by atoms with Crippen LogP contribution in [-0.2, 0) is 11.3 Å². The van der Waals surface area contributed by atoms with Gasteiger partial charge in [-0.25, -0.2) is 0 Å². The van der Waals surface area contributed by atoms with Crippen LogP contribution in [0.3, 0.4) is 0 Å². The van der Waals surface area contributed by atoms with Crippen molar-refractivity contribution in [2.45, 2.75) is 18.8 Å². The Morgan fingerprint density at radius 1 is 1.27 bits per heavy atom. The van der Waals surface area contributed by atoms with Gasteiger partial charge < -0.3 is 20.7 Å². The van der Waals surface area contributed by atoms with Crippen LogP contribution in [0.25, 0.3) is 0 Å². The molecule has 4 N–H and O–H groups in total. The van der Waals surface area contributed by atoms with Gasteiger partial charge in [-0.15, -0.1) is 0 Å². The predicted octanol–water partition coefficient (Wildman–Crippen LogP) is -0.116. The Morgan fingerprint density at radius 3 is 2.53 bits per heavy atom. The van der Waals surface area contributed by atoms with Gasteiger partial charge in [-0.05, 0) is 5.56 Å². The van der Waals surface area contributed by atoms with Gasteiger partial charge in [-0.2, -0.15) is 0 Å². The van der Waals surface area contributed by atoms with E-state index in [0.29, 0.717) is 6.61 Å². The normalized spacial score (nSPS) is 14.9. The Balaban J connectivity index is 2.22. The van der Waals surface area contributed by atoms with Gasteiger partial charge in [0.05, 0.1) is 32.0 Å². The Hall–Kier alpha value is -0.940. The summed E-state index contributed by atoms with van der Waals surface area (Å²) < 4.78 is 5.26. The second-order valence-electron chi connectivity index (χ2n) is 3.41. The highest BCUT2D eigenvalue weighted by atomic mass is 16.5. The summed E-state index contributed by atoms with van der Waals surface area (Å²) in [6, 6.07) is 9.03. The van der Waals surface area contributed by atoms with Gasteiger partial charge in [0.25, 0.3) is 0 Å². The molecule has 0 aliphatic carbocycles. The summed E-state index contributed by atoms with van der Waals surface area (Å²) in [7, 11) is 0. The maximum absolute atomic E-state index is 9.39. The van der Waals surface area contributed by atoms with Crippen LogP contribution >= 0.6 is 0 Å². The van der Waals surface area contributed by atoms with E-state index in [1.54, 1.807) is 0 Å². The third kappa shape index (κ3) is 4.40. The topological polar surface area (TPSA) is 75.7 Å². The number of aliphatic hydroxyl groups is 2. The lowest BCUT2D eigenvalue weighted by atomic mass is 10.2. The summed E-state index contributed by atoms with van der Waals surface area (Å²) in [6.45, 7) is 0.336. The van der Waals surface area contributed by atoms with E-state index in [1.165, 1.54) is 0 Å². The molecule has 15 heavy (non-hydrogen) atoms. The fraction of sp³-hybridized carbons (Fsp3) is 0.455. The molecule has 2 atom stereocenters. The highest BCUT2D eigenvalue weighted by Crippen LogP contribution is 2.01. The summed E-state index contributed by atoms with van der Waals surface area (Å²) in [6.07, 6.45) is -0.821. The van der Waals surface area contributed by atoms with Crippen LogP contribution in [-0.4, -0.2) is 35.6 Å². The molecular formula is C11H17NO3. The third-order valence-electron chi connectivity index (χ3n) is 2.11. The summed E-state index contributed by atoms with van der Waals surface area (Å²) in [4.78, 5) is 0. The molecule has 0 spiro atoms. The van der Waals surface area contributed by atoms with Crippen molar-refractivity contribution in [3.8, 4) is 0 Å². The molecule has 0 bridgehead atoms. The fourth-order valence-corrected chi connectivity index (χ4v) is 1.12. The van der Waals surface area contributed by atoms with E-state index in [0.717, 1.165) is 5.56 Å². The summed E-state index contributed by atoms with van der Waals surface area (Å²) in [5, 5.41) is 18.1. The number of benzene rings is 1. The SMILES string of the molecule is N[C@@H](CO)[C@H](O)COCc1ccccc1. The number of ether oxygens (including phenoxy) is 1. The van der Waals surface area contributed by atoms with Crippen molar-refractivity contribution in [3.63, 3.8) is 0 Å². The van der Waals surface area contributed by atoms with Crippen LogP contribution in [0.4, 0.5) is 0 Å². The minimum atomic E-state index is -0.821. The minimum absolute atomic E-state index is 0.136. The van der Waals surface area contributed by atoms with Gasteiger partial charge in [-0.1, -0.05) is 30.3 Å². The first-order valence-corrected chi connectivity index (χ1v) is 4.90. The maximum Gasteiger partial charge on any atom is 0.0946 e. The van der Waals surface area contributed by atoms with E-state index in [9.17, 15) is 5.11 Å². The van der Waals surface area contributed by atoms with Gasteiger partial charge in [-0.3, -0.25) is 0 Å². The number of rotatable bonds is 6. The Bertz CT molecular complexity index is 266. The zero-order valence-electron chi connectivity index (χ0n) is 8.54. The molecule has 0 aliphatic rings. The largest absolute Gasteiger partial charge is 0.395 e. The van der Waals surface area contributed by atoms with Crippen molar-refractivity contribution in [2.24, 2.45) is 5.73 Å². The van der Waals surface area contributed by atoms with Crippen LogP contribution in [0.1, 0.15) is 5.56 Å². The van der Waals surface area contributed by atoms with Crippen molar-refractivity contribution in [1.82, 2.24) is 0 Å². The lowest BCUT2D eigenvalue weighted by molar-refractivity contribution is 0.00614. The molecule has 0 aliphatic heterocycles. The molecule has 1 rings (SSSR count). The first-order chi connectivity index (χ1) is 7.24. The lowest BCUT2D eigenvalue weighted by Crippen LogP contribution is -2.40. The highest BCUT2D eigenvalue weighted by Gasteiger charge is 2.13. The van der Waals surface area contributed by atoms with Gasteiger partial charge in [0.2, 0.25) is 0 Å². The van der Waals surface area contributed by atoms with Crippen molar-refractivity contribution in [2.75, 3.05) is 13.2 Å². The molecule has 1 aromatic rings. The van der Waals surface area contributed by atoms with Crippen molar-refractivity contribution in [1.29, 1.82) is 0 Å². The Kier molecular flexibility index (Phi) is 5.28. The standard InChI is InChI=1S/C11H17NO3/c12-10(6-13)11(14)8-15-7-9-4-2-1-3-5-9/h1-5,10-11,13-14H,6-8,12H2/t10-,11+/m0/s1. The van der Waals surface area contributed by atoms with E-state index < -0.39 is 12.1 Å². The first-order valence-electron chi connectivity index (χ1n) is 4.90. The first kappa shape index (κ1) is 12.1.